The van der Waals surface area contributed by atoms with Crippen LogP contribution in [0.5, 0.6) is 0 Å². The van der Waals surface area contributed by atoms with Gasteiger partial charge in [-0.3, -0.25) is 14.7 Å². The Bertz CT molecular complexity index is 281. The third-order valence-corrected chi connectivity index (χ3v) is 3.09. The number of carboxylic acid groups (broad SMARTS) is 1. The topological polar surface area (TPSA) is 64.9 Å². The maximum Gasteiger partial charge on any atom is 0.305 e. The van der Waals surface area contributed by atoms with Crippen LogP contribution in [0.2, 0.25) is 0 Å². The molecule has 0 bridgehead atoms. The molecule has 2 unspecified atom stereocenters. The summed E-state index contributed by atoms with van der Waals surface area (Å²) in [6.07, 6.45) is 1.82. The van der Waals surface area contributed by atoms with Crippen LogP contribution in [0.3, 0.4) is 0 Å². The molecule has 0 radical (unpaired) electrons. The Morgan fingerprint density at radius 2 is 2.06 bits per heavy atom. The molecule has 17 heavy (non-hydrogen) atoms. The normalized spacial score (nSPS) is 21.2. The van der Waals surface area contributed by atoms with Crippen molar-refractivity contribution in [2.24, 2.45) is 4.99 Å². The predicted octanol–water partition coefficient (Wildman–Crippen LogP) is 0.949. The standard InChI is InChI=1S/C12H23N3O2/c1-8(2)15(9(3)4)11(5-12(16)17)10-6-13-7-14-10/h7-11H,5-6H2,1-4H3,(H,13,14)(H,16,17). The first kappa shape index (κ1) is 14.0. The Balaban J connectivity index is 2.85. The second-order valence-corrected chi connectivity index (χ2v) is 5.05. The van der Waals surface area contributed by atoms with Crippen molar-refractivity contribution in [3.05, 3.63) is 0 Å². The highest BCUT2D eigenvalue weighted by Gasteiger charge is 2.33. The van der Waals surface area contributed by atoms with Crippen molar-refractivity contribution in [1.82, 2.24) is 10.2 Å². The van der Waals surface area contributed by atoms with Crippen LogP contribution in [0.4, 0.5) is 0 Å². The lowest BCUT2D eigenvalue weighted by atomic mass is 10.00. The maximum absolute atomic E-state index is 11.0. The molecule has 2 N–H and O–H groups in total. The van der Waals surface area contributed by atoms with Crippen LogP contribution < -0.4 is 5.32 Å². The molecule has 1 aliphatic rings. The van der Waals surface area contributed by atoms with Gasteiger partial charge in [0.05, 0.1) is 18.8 Å². The van der Waals surface area contributed by atoms with E-state index in [2.05, 4.69) is 42.9 Å². The van der Waals surface area contributed by atoms with Gasteiger partial charge in [-0.25, -0.2) is 0 Å². The minimum Gasteiger partial charge on any atom is -0.481 e. The summed E-state index contributed by atoms with van der Waals surface area (Å²) in [5.74, 6) is -0.761. The van der Waals surface area contributed by atoms with Gasteiger partial charge in [-0.2, -0.15) is 0 Å². The van der Waals surface area contributed by atoms with Gasteiger partial charge in [0, 0.05) is 24.7 Å². The number of nitrogens with zero attached hydrogens (tertiary/aromatic N) is 2. The average Bonchev–Trinajstić information content (AvgIpc) is 2.66. The molecule has 0 amide bonds. The van der Waals surface area contributed by atoms with Crippen LogP contribution in [-0.2, 0) is 4.79 Å². The van der Waals surface area contributed by atoms with Crippen molar-refractivity contribution >= 4 is 12.3 Å². The first-order valence-corrected chi connectivity index (χ1v) is 6.17. The fraction of sp³-hybridized carbons (Fsp3) is 0.833. The van der Waals surface area contributed by atoms with E-state index in [1.165, 1.54) is 0 Å². The van der Waals surface area contributed by atoms with Crippen LogP contribution in [0.1, 0.15) is 34.1 Å². The number of carbonyl (C=O) groups is 1. The number of hydrogen-bond acceptors (Lipinski definition) is 4. The van der Waals surface area contributed by atoms with Crippen LogP contribution in [0.15, 0.2) is 4.99 Å². The molecule has 0 saturated carbocycles. The summed E-state index contributed by atoms with van der Waals surface area (Å²) in [6, 6.07) is 0.625. The Kier molecular flexibility index (Phi) is 4.93. The molecular weight excluding hydrogens is 218 g/mol. The van der Waals surface area contributed by atoms with Gasteiger partial charge in [0.25, 0.3) is 0 Å². The Labute approximate surface area is 103 Å². The number of aliphatic imine (C=N–C) groups is 1. The Morgan fingerprint density at radius 3 is 2.41 bits per heavy atom. The van der Waals surface area contributed by atoms with E-state index in [1.54, 1.807) is 6.34 Å². The fourth-order valence-electron chi connectivity index (χ4n) is 2.59. The van der Waals surface area contributed by atoms with Crippen molar-refractivity contribution in [1.29, 1.82) is 0 Å². The number of rotatable bonds is 6. The van der Waals surface area contributed by atoms with Crippen molar-refractivity contribution in [3.8, 4) is 0 Å². The van der Waals surface area contributed by atoms with Crippen molar-refractivity contribution < 1.29 is 9.90 Å². The van der Waals surface area contributed by atoms with Crippen molar-refractivity contribution in [2.75, 3.05) is 6.54 Å². The molecule has 0 fully saturated rings. The largest absolute Gasteiger partial charge is 0.481 e. The molecule has 0 aromatic rings. The summed E-state index contributed by atoms with van der Waals surface area (Å²) < 4.78 is 0. The van der Waals surface area contributed by atoms with Gasteiger partial charge in [-0.15, -0.1) is 0 Å². The lowest BCUT2D eigenvalue weighted by Crippen LogP contribution is -2.52. The summed E-state index contributed by atoms with van der Waals surface area (Å²) >= 11 is 0. The predicted molar refractivity (Wildman–Crippen MR) is 68.4 cm³/mol. The number of nitrogens with one attached hydrogen (secondary N) is 1. The Hall–Kier alpha value is -1.10. The van der Waals surface area contributed by atoms with Gasteiger partial charge < -0.3 is 10.4 Å². The minimum absolute atomic E-state index is 0.0379. The molecule has 0 aromatic heterocycles. The molecule has 0 aromatic carbocycles. The first-order chi connectivity index (χ1) is 7.93. The lowest BCUT2D eigenvalue weighted by molar-refractivity contribution is -0.139. The number of aliphatic carboxylic acids is 1. The molecule has 1 aliphatic heterocycles. The molecule has 5 heteroatoms. The molecule has 5 nitrogen and oxygen atoms in total. The zero-order valence-electron chi connectivity index (χ0n) is 11.1. The summed E-state index contributed by atoms with van der Waals surface area (Å²) in [4.78, 5) is 17.6. The maximum atomic E-state index is 11.0. The highest BCUT2D eigenvalue weighted by molar-refractivity contribution is 5.68. The monoisotopic (exact) mass is 241 g/mol. The molecule has 0 spiro atoms. The number of hydrogen-bond donors (Lipinski definition) is 2. The zero-order valence-corrected chi connectivity index (χ0v) is 11.1. The summed E-state index contributed by atoms with van der Waals surface area (Å²) in [7, 11) is 0. The average molecular weight is 241 g/mol. The van der Waals surface area contributed by atoms with E-state index in [0.717, 1.165) is 6.54 Å². The van der Waals surface area contributed by atoms with Gasteiger partial charge in [0.1, 0.15) is 0 Å². The van der Waals surface area contributed by atoms with E-state index in [4.69, 9.17) is 5.11 Å². The van der Waals surface area contributed by atoms with Crippen LogP contribution in [-0.4, -0.2) is 53.0 Å². The van der Waals surface area contributed by atoms with Crippen LogP contribution >= 0.6 is 0 Å². The van der Waals surface area contributed by atoms with E-state index in [-0.39, 0.29) is 18.5 Å². The Morgan fingerprint density at radius 1 is 1.47 bits per heavy atom. The summed E-state index contributed by atoms with van der Waals surface area (Å²) in [5.41, 5.74) is 0. The molecule has 2 atom stereocenters. The molecule has 0 aliphatic carbocycles. The first-order valence-electron chi connectivity index (χ1n) is 6.17. The highest BCUT2D eigenvalue weighted by Crippen LogP contribution is 2.19. The second kappa shape index (κ2) is 6.00. The minimum atomic E-state index is -0.761. The van der Waals surface area contributed by atoms with E-state index in [1.807, 2.05) is 0 Å². The molecular formula is C12H23N3O2. The van der Waals surface area contributed by atoms with E-state index < -0.39 is 5.97 Å². The van der Waals surface area contributed by atoms with Gasteiger partial charge in [0.2, 0.25) is 0 Å². The van der Waals surface area contributed by atoms with E-state index >= 15 is 0 Å². The SMILES string of the molecule is CC(C)N(C(C)C)C(CC(=O)O)C1CNC=N1. The van der Waals surface area contributed by atoms with Crippen LogP contribution in [0.25, 0.3) is 0 Å². The van der Waals surface area contributed by atoms with Gasteiger partial charge in [0.15, 0.2) is 0 Å². The quantitative estimate of drug-likeness (QED) is 0.726. The van der Waals surface area contributed by atoms with Gasteiger partial charge >= 0.3 is 5.97 Å². The lowest BCUT2D eigenvalue weighted by Gasteiger charge is -2.39. The van der Waals surface area contributed by atoms with Crippen molar-refractivity contribution in [3.63, 3.8) is 0 Å². The van der Waals surface area contributed by atoms with Crippen molar-refractivity contribution in [2.45, 2.75) is 58.3 Å². The molecule has 1 rings (SSSR count). The zero-order chi connectivity index (χ0) is 13.0. The fourth-order valence-corrected chi connectivity index (χ4v) is 2.59. The second-order valence-electron chi connectivity index (χ2n) is 5.05. The molecule has 1 heterocycles. The van der Waals surface area contributed by atoms with Crippen LogP contribution in [0, 0.1) is 0 Å². The third-order valence-electron chi connectivity index (χ3n) is 3.09. The van der Waals surface area contributed by atoms with E-state index in [0.29, 0.717) is 12.1 Å². The summed E-state index contributed by atoms with van der Waals surface area (Å²) in [6.45, 7) is 9.12. The molecule has 98 valence electrons. The molecule has 0 saturated heterocycles. The third kappa shape index (κ3) is 3.70. The van der Waals surface area contributed by atoms with Gasteiger partial charge in [-0.05, 0) is 27.7 Å². The highest BCUT2D eigenvalue weighted by atomic mass is 16.4. The smallest absolute Gasteiger partial charge is 0.305 e. The van der Waals surface area contributed by atoms with Gasteiger partial charge in [-0.1, -0.05) is 0 Å². The van der Waals surface area contributed by atoms with E-state index in [9.17, 15) is 4.79 Å². The number of carboxylic acids is 1. The summed E-state index contributed by atoms with van der Waals surface area (Å²) in [5, 5.41) is 12.1.